The molecule has 4 rings (SSSR count). The normalized spacial score (nSPS) is 10.9. The van der Waals surface area contributed by atoms with E-state index in [0.717, 1.165) is 27.9 Å². The van der Waals surface area contributed by atoms with Crippen LogP contribution < -0.4 is 5.32 Å². The second-order valence-electron chi connectivity index (χ2n) is 6.37. The summed E-state index contributed by atoms with van der Waals surface area (Å²) in [5.74, 6) is -0.146. The molecule has 0 aliphatic carbocycles. The molecule has 6 nitrogen and oxygen atoms in total. The van der Waals surface area contributed by atoms with Gasteiger partial charge in [-0.2, -0.15) is 5.10 Å². The third-order valence-electron chi connectivity index (χ3n) is 4.49. The van der Waals surface area contributed by atoms with Gasteiger partial charge in [-0.3, -0.25) is 14.5 Å². The van der Waals surface area contributed by atoms with Crippen molar-refractivity contribution >= 4 is 16.9 Å². The number of aryl methyl sites for hydroxylation is 2. The van der Waals surface area contributed by atoms with Gasteiger partial charge in [-0.1, -0.05) is 30.3 Å². The summed E-state index contributed by atoms with van der Waals surface area (Å²) in [7, 11) is 1.84. The molecule has 0 fully saturated rings. The van der Waals surface area contributed by atoms with E-state index in [1.807, 2.05) is 62.5 Å². The van der Waals surface area contributed by atoms with E-state index in [2.05, 4.69) is 15.4 Å². The zero-order valence-corrected chi connectivity index (χ0v) is 15.2. The topological polar surface area (TPSA) is 72.7 Å². The Morgan fingerprint density at radius 1 is 1.11 bits per heavy atom. The van der Waals surface area contributed by atoms with Gasteiger partial charge in [0, 0.05) is 31.5 Å². The molecule has 3 aromatic heterocycles. The fourth-order valence-electron chi connectivity index (χ4n) is 3.16. The van der Waals surface area contributed by atoms with Crippen molar-refractivity contribution < 1.29 is 4.79 Å². The van der Waals surface area contributed by atoms with Crippen LogP contribution in [-0.4, -0.2) is 25.7 Å². The van der Waals surface area contributed by atoms with Gasteiger partial charge >= 0.3 is 0 Å². The van der Waals surface area contributed by atoms with E-state index in [0.29, 0.717) is 17.8 Å². The Hall–Kier alpha value is -3.54. The predicted octanol–water partition coefficient (Wildman–Crippen LogP) is 3.27. The van der Waals surface area contributed by atoms with Crippen LogP contribution in [0, 0.1) is 6.92 Å². The second kappa shape index (κ2) is 6.99. The molecule has 0 saturated heterocycles. The number of aromatic nitrogens is 4. The summed E-state index contributed by atoms with van der Waals surface area (Å²) in [4.78, 5) is 21.7. The SMILES string of the molecule is Cc1nn(C)c2nc(-c3ccccc3)cc(C(=O)NCc3ccncc3)c12. The first-order valence-corrected chi connectivity index (χ1v) is 8.70. The zero-order chi connectivity index (χ0) is 18.8. The molecule has 4 aromatic rings. The van der Waals surface area contributed by atoms with Crippen molar-refractivity contribution in [3.05, 3.63) is 77.7 Å². The molecule has 1 amide bonds. The molecule has 0 radical (unpaired) electrons. The van der Waals surface area contributed by atoms with Crippen LogP contribution in [0.5, 0.6) is 0 Å². The third-order valence-corrected chi connectivity index (χ3v) is 4.49. The molecule has 1 N–H and O–H groups in total. The Labute approximate surface area is 156 Å². The lowest BCUT2D eigenvalue weighted by atomic mass is 10.0. The van der Waals surface area contributed by atoms with Crippen LogP contribution in [0.3, 0.4) is 0 Å². The van der Waals surface area contributed by atoms with Crippen LogP contribution in [0.15, 0.2) is 60.9 Å². The molecular weight excluding hydrogens is 338 g/mol. The van der Waals surface area contributed by atoms with Gasteiger partial charge in [-0.15, -0.1) is 0 Å². The number of pyridine rings is 2. The highest BCUT2D eigenvalue weighted by molar-refractivity contribution is 6.07. The highest BCUT2D eigenvalue weighted by Crippen LogP contribution is 2.26. The summed E-state index contributed by atoms with van der Waals surface area (Å²) in [5, 5.41) is 8.23. The highest BCUT2D eigenvalue weighted by atomic mass is 16.1. The maximum Gasteiger partial charge on any atom is 0.252 e. The van der Waals surface area contributed by atoms with Gasteiger partial charge in [-0.25, -0.2) is 4.98 Å². The van der Waals surface area contributed by atoms with Crippen LogP contribution in [0.1, 0.15) is 21.6 Å². The second-order valence-corrected chi connectivity index (χ2v) is 6.37. The van der Waals surface area contributed by atoms with Gasteiger partial charge in [0.25, 0.3) is 5.91 Å². The number of fused-ring (bicyclic) bond motifs is 1. The van der Waals surface area contributed by atoms with E-state index in [-0.39, 0.29) is 5.91 Å². The average Bonchev–Trinajstić information content (AvgIpc) is 3.00. The first kappa shape index (κ1) is 16.9. The highest BCUT2D eigenvalue weighted by Gasteiger charge is 2.19. The van der Waals surface area contributed by atoms with E-state index in [4.69, 9.17) is 4.98 Å². The number of benzene rings is 1. The molecule has 27 heavy (non-hydrogen) atoms. The summed E-state index contributed by atoms with van der Waals surface area (Å²) in [6.07, 6.45) is 3.43. The Morgan fingerprint density at radius 2 is 1.85 bits per heavy atom. The predicted molar refractivity (Wildman–Crippen MR) is 104 cm³/mol. The minimum Gasteiger partial charge on any atom is -0.348 e. The van der Waals surface area contributed by atoms with Crippen LogP contribution in [0.2, 0.25) is 0 Å². The number of carbonyl (C=O) groups excluding carboxylic acids is 1. The van der Waals surface area contributed by atoms with Crippen molar-refractivity contribution in [2.45, 2.75) is 13.5 Å². The van der Waals surface area contributed by atoms with E-state index in [1.54, 1.807) is 17.1 Å². The molecule has 134 valence electrons. The first-order valence-electron chi connectivity index (χ1n) is 8.70. The molecule has 0 aliphatic heterocycles. The van der Waals surface area contributed by atoms with Gasteiger partial charge in [0.2, 0.25) is 0 Å². The number of nitrogens with one attached hydrogen (secondary N) is 1. The molecule has 0 unspecified atom stereocenters. The lowest BCUT2D eigenvalue weighted by Crippen LogP contribution is -2.23. The fraction of sp³-hybridized carbons (Fsp3) is 0.143. The summed E-state index contributed by atoms with van der Waals surface area (Å²) in [6, 6.07) is 15.4. The summed E-state index contributed by atoms with van der Waals surface area (Å²) in [6.45, 7) is 2.33. The molecule has 0 atom stereocenters. The number of hydrogen-bond acceptors (Lipinski definition) is 4. The van der Waals surface area contributed by atoms with Gasteiger partial charge < -0.3 is 5.32 Å². The Bertz CT molecular complexity index is 1100. The quantitative estimate of drug-likeness (QED) is 0.608. The minimum atomic E-state index is -0.146. The lowest BCUT2D eigenvalue weighted by molar-refractivity contribution is 0.0952. The summed E-state index contributed by atoms with van der Waals surface area (Å²) in [5.41, 5.74) is 4.77. The maximum atomic E-state index is 13.0. The Balaban J connectivity index is 1.77. The van der Waals surface area contributed by atoms with E-state index >= 15 is 0 Å². The fourth-order valence-corrected chi connectivity index (χ4v) is 3.16. The summed E-state index contributed by atoms with van der Waals surface area (Å²) < 4.78 is 1.72. The maximum absolute atomic E-state index is 13.0. The standard InChI is InChI=1S/C21H19N5O/c1-14-19-17(21(27)23-13-15-8-10-22-11-9-15)12-18(16-6-4-3-5-7-16)24-20(19)26(2)25-14/h3-12H,13H2,1-2H3,(H,23,27). The number of carbonyl (C=O) groups is 1. The van der Waals surface area contributed by atoms with E-state index < -0.39 is 0 Å². The number of rotatable bonds is 4. The molecule has 1 aromatic carbocycles. The molecule has 0 saturated carbocycles. The van der Waals surface area contributed by atoms with Crippen molar-refractivity contribution in [3.8, 4) is 11.3 Å². The van der Waals surface area contributed by atoms with Crippen LogP contribution in [0.4, 0.5) is 0 Å². The molecule has 0 spiro atoms. The largest absolute Gasteiger partial charge is 0.348 e. The number of nitrogens with zero attached hydrogens (tertiary/aromatic N) is 4. The number of hydrogen-bond donors (Lipinski definition) is 1. The van der Waals surface area contributed by atoms with Crippen LogP contribution >= 0.6 is 0 Å². The van der Waals surface area contributed by atoms with Crippen LogP contribution in [0.25, 0.3) is 22.3 Å². The molecule has 6 heteroatoms. The van der Waals surface area contributed by atoms with Crippen molar-refractivity contribution in [1.82, 2.24) is 25.1 Å². The van der Waals surface area contributed by atoms with Gasteiger partial charge in [0.1, 0.15) is 0 Å². The first-order chi connectivity index (χ1) is 13.1. The van der Waals surface area contributed by atoms with Gasteiger partial charge in [-0.05, 0) is 30.7 Å². The van der Waals surface area contributed by atoms with E-state index in [1.165, 1.54) is 0 Å². The third kappa shape index (κ3) is 3.29. The number of amides is 1. The monoisotopic (exact) mass is 357 g/mol. The van der Waals surface area contributed by atoms with Gasteiger partial charge in [0.15, 0.2) is 5.65 Å². The Kier molecular flexibility index (Phi) is 4.38. The molecule has 3 heterocycles. The molecule has 0 aliphatic rings. The van der Waals surface area contributed by atoms with Crippen molar-refractivity contribution in [1.29, 1.82) is 0 Å². The average molecular weight is 357 g/mol. The summed E-state index contributed by atoms with van der Waals surface area (Å²) >= 11 is 0. The lowest BCUT2D eigenvalue weighted by Gasteiger charge is -2.09. The molecular formula is C21H19N5O. The minimum absolute atomic E-state index is 0.146. The molecule has 0 bridgehead atoms. The van der Waals surface area contributed by atoms with Crippen molar-refractivity contribution in [2.24, 2.45) is 7.05 Å². The van der Waals surface area contributed by atoms with Gasteiger partial charge in [0.05, 0.1) is 22.3 Å². The Morgan fingerprint density at radius 3 is 2.59 bits per heavy atom. The van der Waals surface area contributed by atoms with Crippen LogP contribution in [-0.2, 0) is 13.6 Å². The smallest absolute Gasteiger partial charge is 0.252 e. The van der Waals surface area contributed by atoms with Crippen molar-refractivity contribution in [2.75, 3.05) is 0 Å². The van der Waals surface area contributed by atoms with Crippen molar-refractivity contribution in [3.63, 3.8) is 0 Å². The van der Waals surface area contributed by atoms with E-state index in [9.17, 15) is 4.79 Å². The zero-order valence-electron chi connectivity index (χ0n) is 15.2.